The van der Waals surface area contributed by atoms with E-state index in [1.807, 2.05) is 0 Å². The molecule has 0 aromatic carbocycles. The smallest absolute Gasteiger partial charge is 0.0621 e. The maximum Gasteiger partial charge on any atom is 0.0621 e. The van der Waals surface area contributed by atoms with Crippen LogP contribution in [0.25, 0.3) is 0 Å². The summed E-state index contributed by atoms with van der Waals surface area (Å²) in [5.74, 6) is 1.45. The van der Waals surface area contributed by atoms with Crippen LogP contribution in [0.2, 0.25) is 0 Å². The first-order chi connectivity index (χ1) is 6.31. The van der Waals surface area contributed by atoms with Gasteiger partial charge in [0.15, 0.2) is 0 Å². The predicted octanol–water partition coefficient (Wildman–Crippen LogP) is 1.47. The number of nitriles is 1. The second-order valence-electron chi connectivity index (χ2n) is 2.81. The Labute approximate surface area is 82.5 Å². The van der Waals surface area contributed by atoms with E-state index in [4.69, 9.17) is 10.00 Å². The Morgan fingerprint density at radius 2 is 2.00 bits per heavy atom. The van der Waals surface area contributed by atoms with Crippen LogP contribution in [-0.4, -0.2) is 29.4 Å². The van der Waals surface area contributed by atoms with Crippen molar-refractivity contribution in [2.45, 2.75) is 25.7 Å². The van der Waals surface area contributed by atoms with Crippen molar-refractivity contribution < 1.29 is 8.95 Å². The molecule has 3 nitrogen and oxygen atoms in total. The molecule has 0 rings (SSSR count). The van der Waals surface area contributed by atoms with Crippen molar-refractivity contribution in [3.05, 3.63) is 0 Å². The van der Waals surface area contributed by atoms with E-state index in [2.05, 4.69) is 6.07 Å². The highest BCUT2D eigenvalue weighted by Crippen LogP contribution is 1.97. The third-order valence-corrected chi connectivity index (χ3v) is 3.12. The van der Waals surface area contributed by atoms with Crippen LogP contribution >= 0.6 is 0 Å². The van der Waals surface area contributed by atoms with Gasteiger partial charge < -0.3 is 4.74 Å². The minimum Gasteiger partial charge on any atom is -0.385 e. The Morgan fingerprint density at radius 1 is 1.31 bits per heavy atom. The minimum atomic E-state index is -0.714. The number of hydrogen-bond acceptors (Lipinski definition) is 3. The Hall–Kier alpha value is -0.400. The van der Waals surface area contributed by atoms with Gasteiger partial charge >= 0.3 is 0 Å². The van der Waals surface area contributed by atoms with Crippen molar-refractivity contribution in [2.75, 3.05) is 25.2 Å². The van der Waals surface area contributed by atoms with Crippen molar-refractivity contribution in [1.82, 2.24) is 0 Å². The van der Waals surface area contributed by atoms with E-state index in [0.29, 0.717) is 13.0 Å². The Morgan fingerprint density at radius 3 is 2.62 bits per heavy atom. The number of hydrogen-bond donors (Lipinski definition) is 0. The summed E-state index contributed by atoms with van der Waals surface area (Å²) in [7, 11) is 0.934. The van der Waals surface area contributed by atoms with Gasteiger partial charge in [0.25, 0.3) is 0 Å². The summed E-state index contributed by atoms with van der Waals surface area (Å²) in [6.07, 6.45) is 3.20. The van der Waals surface area contributed by atoms with Crippen molar-refractivity contribution in [3.8, 4) is 6.07 Å². The molecule has 0 heterocycles. The van der Waals surface area contributed by atoms with E-state index >= 15 is 0 Å². The highest BCUT2D eigenvalue weighted by atomic mass is 32.2. The fourth-order valence-corrected chi connectivity index (χ4v) is 2.10. The summed E-state index contributed by atoms with van der Waals surface area (Å²) in [4.78, 5) is 0. The summed E-state index contributed by atoms with van der Waals surface area (Å²) < 4.78 is 16.1. The summed E-state index contributed by atoms with van der Waals surface area (Å²) >= 11 is 0. The van der Waals surface area contributed by atoms with Gasteiger partial charge in [-0.05, 0) is 19.3 Å². The average Bonchev–Trinajstić information content (AvgIpc) is 2.13. The molecule has 0 radical (unpaired) electrons. The van der Waals surface area contributed by atoms with Gasteiger partial charge in [-0.1, -0.05) is 0 Å². The largest absolute Gasteiger partial charge is 0.385 e. The van der Waals surface area contributed by atoms with Gasteiger partial charge in [0.1, 0.15) is 0 Å². The topological polar surface area (TPSA) is 50.1 Å². The van der Waals surface area contributed by atoms with Gasteiger partial charge in [-0.15, -0.1) is 0 Å². The Balaban J connectivity index is 3.16. The number of rotatable bonds is 8. The lowest BCUT2D eigenvalue weighted by Gasteiger charge is -2.00. The molecule has 0 aliphatic rings. The molecule has 0 amide bonds. The van der Waals surface area contributed by atoms with E-state index in [1.165, 1.54) is 0 Å². The zero-order chi connectivity index (χ0) is 9.94. The summed E-state index contributed by atoms with van der Waals surface area (Å²) in [6, 6.07) is 2.07. The number of ether oxygens (including phenoxy) is 1. The minimum absolute atomic E-state index is 0.579. The molecule has 0 saturated heterocycles. The monoisotopic (exact) mass is 203 g/mol. The van der Waals surface area contributed by atoms with Crippen molar-refractivity contribution >= 4 is 10.8 Å². The van der Waals surface area contributed by atoms with Crippen LogP contribution in [0.4, 0.5) is 0 Å². The molecule has 0 aromatic rings. The second kappa shape index (κ2) is 9.69. The molecule has 0 spiro atoms. The quantitative estimate of drug-likeness (QED) is 0.561. The number of unbranched alkanes of at least 4 members (excludes halogenated alkanes) is 2. The molecule has 76 valence electrons. The summed E-state index contributed by atoms with van der Waals surface area (Å²) in [5.41, 5.74) is 0. The normalized spacial score (nSPS) is 12.3. The van der Waals surface area contributed by atoms with Crippen LogP contribution < -0.4 is 0 Å². The molecular formula is C9H17NO2S. The van der Waals surface area contributed by atoms with E-state index in [1.54, 1.807) is 7.11 Å². The predicted molar refractivity (Wildman–Crippen MR) is 53.8 cm³/mol. The van der Waals surface area contributed by atoms with Crippen molar-refractivity contribution in [1.29, 1.82) is 5.26 Å². The molecule has 1 atom stereocenters. The van der Waals surface area contributed by atoms with Gasteiger partial charge in [-0.25, -0.2) is 0 Å². The maximum atomic E-state index is 11.3. The van der Waals surface area contributed by atoms with Crippen LogP contribution in [0.1, 0.15) is 25.7 Å². The van der Waals surface area contributed by atoms with Crippen LogP contribution in [0.15, 0.2) is 0 Å². The second-order valence-corrected chi connectivity index (χ2v) is 4.51. The molecule has 0 N–H and O–H groups in total. The number of nitrogens with zero attached hydrogens (tertiary/aromatic N) is 1. The third-order valence-electron chi connectivity index (χ3n) is 1.63. The Kier molecular flexibility index (Phi) is 9.39. The standard InChI is InChI=1S/C9H17NO2S/c1-12-7-5-9-13(11)8-4-2-3-6-10/h2-5,7-9H2,1H3. The van der Waals surface area contributed by atoms with E-state index in [-0.39, 0.29) is 0 Å². The zero-order valence-electron chi connectivity index (χ0n) is 8.12. The average molecular weight is 203 g/mol. The van der Waals surface area contributed by atoms with Crippen LogP contribution in [0.5, 0.6) is 0 Å². The molecule has 0 fully saturated rings. The molecular weight excluding hydrogens is 186 g/mol. The fraction of sp³-hybridized carbons (Fsp3) is 0.889. The van der Waals surface area contributed by atoms with E-state index in [0.717, 1.165) is 30.8 Å². The molecule has 13 heavy (non-hydrogen) atoms. The van der Waals surface area contributed by atoms with Gasteiger partial charge in [0.2, 0.25) is 0 Å². The highest BCUT2D eigenvalue weighted by molar-refractivity contribution is 7.84. The molecule has 0 saturated carbocycles. The van der Waals surface area contributed by atoms with Crippen LogP contribution in [0, 0.1) is 11.3 Å². The van der Waals surface area contributed by atoms with Crippen LogP contribution in [-0.2, 0) is 15.5 Å². The van der Waals surface area contributed by atoms with Crippen LogP contribution in [0.3, 0.4) is 0 Å². The molecule has 1 unspecified atom stereocenters. The first-order valence-electron chi connectivity index (χ1n) is 4.52. The molecule has 0 aromatic heterocycles. The lowest BCUT2D eigenvalue weighted by molar-refractivity contribution is 0.200. The lowest BCUT2D eigenvalue weighted by Crippen LogP contribution is -2.05. The van der Waals surface area contributed by atoms with Gasteiger partial charge in [0.05, 0.1) is 6.07 Å². The molecule has 0 aliphatic carbocycles. The van der Waals surface area contributed by atoms with Gasteiger partial charge in [-0.3, -0.25) is 4.21 Å². The van der Waals surface area contributed by atoms with E-state index in [9.17, 15) is 4.21 Å². The number of methoxy groups -OCH3 is 1. The van der Waals surface area contributed by atoms with Crippen molar-refractivity contribution in [3.63, 3.8) is 0 Å². The highest BCUT2D eigenvalue weighted by Gasteiger charge is 1.98. The summed E-state index contributed by atoms with van der Waals surface area (Å²) in [5, 5.41) is 8.26. The maximum absolute atomic E-state index is 11.3. The molecule has 0 aliphatic heterocycles. The van der Waals surface area contributed by atoms with Crippen molar-refractivity contribution in [2.24, 2.45) is 0 Å². The molecule has 0 bridgehead atoms. The first kappa shape index (κ1) is 12.6. The first-order valence-corrected chi connectivity index (χ1v) is 6.01. The van der Waals surface area contributed by atoms with E-state index < -0.39 is 10.8 Å². The third kappa shape index (κ3) is 9.51. The van der Waals surface area contributed by atoms with Gasteiger partial charge in [-0.2, -0.15) is 5.26 Å². The fourth-order valence-electron chi connectivity index (χ4n) is 0.933. The van der Waals surface area contributed by atoms with Gasteiger partial charge in [0, 0.05) is 42.4 Å². The SMILES string of the molecule is COCCCS(=O)CCCCC#N. The summed E-state index contributed by atoms with van der Waals surface area (Å²) in [6.45, 7) is 0.684. The molecule has 4 heteroatoms. The Bertz CT molecular complexity index is 177. The zero-order valence-corrected chi connectivity index (χ0v) is 8.94. The lowest BCUT2D eigenvalue weighted by atomic mass is 10.3.